The number of nitrogens with one attached hydrogen (secondary N) is 1. The lowest BCUT2D eigenvalue weighted by molar-refractivity contribution is -0.215. The van der Waals surface area contributed by atoms with E-state index in [9.17, 15) is 23.5 Å². The van der Waals surface area contributed by atoms with Crippen molar-refractivity contribution in [2.24, 2.45) is 0 Å². The summed E-state index contributed by atoms with van der Waals surface area (Å²) >= 11 is 15.9. The zero-order valence-electron chi connectivity index (χ0n) is 16.2. The molecule has 0 bridgehead atoms. The van der Waals surface area contributed by atoms with E-state index in [1.54, 1.807) is 30.3 Å². The molecule has 1 amide bonds. The van der Waals surface area contributed by atoms with Crippen LogP contribution in [-0.2, 0) is 19.9 Å². The Morgan fingerprint density at radius 3 is 2.22 bits per heavy atom. The molecule has 0 saturated carbocycles. The van der Waals surface area contributed by atoms with E-state index in [1.165, 1.54) is 6.92 Å². The predicted octanol–water partition coefficient (Wildman–Crippen LogP) is 4.58. The highest BCUT2D eigenvalue weighted by molar-refractivity contribution is 6.75. The van der Waals surface area contributed by atoms with Crippen LogP contribution in [-0.4, -0.2) is 33.3 Å². The molecule has 5 nitrogen and oxygen atoms in total. The minimum absolute atomic E-state index is 0.206. The van der Waals surface area contributed by atoms with Gasteiger partial charge in [-0.3, -0.25) is 4.79 Å². The lowest BCUT2D eigenvalue weighted by Crippen LogP contribution is -2.58. The Morgan fingerprint density at radius 1 is 1.09 bits per heavy atom. The van der Waals surface area contributed by atoms with Crippen molar-refractivity contribution in [3.05, 3.63) is 71.3 Å². The minimum atomic E-state index is -4.79. The number of hydrogen-bond donors (Lipinski definition) is 2. The van der Waals surface area contributed by atoms with Crippen molar-refractivity contribution in [1.82, 2.24) is 5.32 Å². The highest BCUT2D eigenvalue weighted by atomic mass is 35.6. The molecule has 0 fully saturated rings. The summed E-state index contributed by atoms with van der Waals surface area (Å²) in [6.45, 7) is -0.299. The Balaban J connectivity index is 2.44. The molecule has 2 N–H and O–H groups in total. The van der Waals surface area contributed by atoms with Gasteiger partial charge in [0.15, 0.2) is 5.60 Å². The minimum Gasteiger partial charge on any atom is -0.459 e. The van der Waals surface area contributed by atoms with Gasteiger partial charge in [-0.05, 0) is 24.6 Å². The van der Waals surface area contributed by atoms with Crippen LogP contribution in [0.2, 0.25) is 0 Å². The molecule has 0 unspecified atom stereocenters. The number of alkyl halides is 5. The summed E-state index contributed by atoms with van der Waals surface area (Å²) in [5, 5.41) is 12.8. The standard InChI is InChI=1S/C20H16Cl3F4NO4/c1-11(12-5-3-2-4-6-12)28-16(29)19(26,27)18(31,10-32-17(30)20(21,22)23)14-8-7-13(24)9-15(14)25/h2-9,11,31H,10H2,1H3,(H,28,29)/t11-,18+/m1/s1. The summed E-state index contributed by atoms with van der Waals surface area (Å²) in [6, 6.07) is 8.30. The highest BCUT2D eigenvalue weighted by Crippen LogP contribution is 2.41. The molecule has 0 heterocycles. The molecule has 0 saturated heterocycles. The Hall–Kier alpha value is -2.07. The number of esters is 1. The van der Waals surface area contributed by atoms with Crippen LogP contribution in [0.4, 0.5) is 17.6 Å². The lowest BCUT2D eigenvalue weighted by Gasteiger charge is -2.35. The number of aliphatic hydroxyl groups is 1. The zero-order valence-corrected chi connectivity index (χ0v) is 18.5. The van der Waals surface area contributed by atoms with Crippen LogP contribution < -0.4 is 5.32 Å². The second-order valence-corrected chi connectivity index (χ2v) is 9.02. The van der Waals surface area contributed by atoms with Gasteiger partial charge in [0, 0.05) is 11.6 Å². The Labute approximate surface area is 195 Å². The van der Waals surface area contributed by atoms with Gasteiger partial charge < -0.3 is 15.2 Å². The van der Waals surface area contributed by atoms with Crippen LogP contribution >= 0.6 is 34.8 Å². The quantitative estimate of drug-likeness (QED) is 0.321. The number of carbonyl (C=O) groups excluding carboxylic acids is 2. The monoisotopic (exact) mass is 515 g/mol. The largest absolute Gasteiger partial charge is 0.459 e. The fraction of sp³-hybridized carbons (Fsp3) is 0.300. The molecular formula is C20H16Cl3F4NO4. The third-order valence-corrected chi connectivity index (χ3v) is 4.93. The van der Waals surface area contributed by atoms with E-state index in [-0.39, 0.29) is 6.07 Å². The average Bonchev–Trinajstić information content (AvgIpc) is 2.71. The molecular weight excluding hydrogens is 501 g/mol. The first-order valence-corrected chi connectivity index (χ1v) is 9.99. The Morgan fingerprint density at radius 2 is 1.69 bits per heavy atom. The smallest absolute Gasteiger partial charge is 0.360 e. The first kappa shape index (κ1) is 26.2. The van der Waals surface area contributed by atoms with Crippen molar-refractivity contribution in [1.29, 1.82) is 0 Å². The van der Waals surface area contributed by atoms with Crippen molar-refractivity contribution < 1.29 is 37.0 Å². The summed E-state index contributed by atoms with van der Waals surface area (Å²) in [5.41, 5.74) is -4.55. The number of amides is 1. The van der Waals surface area contributed by atoms with Gasteiger partial charge in [-0.1, -0.05) is 65.1 Å². The third-order valence-electron chi connectivity index (χ3n) is 4.47. The van der Waals surface area contributed by atoms with E-state index in [1.807, 2.05) is 5.32 Å². The molecule has 2 aromatic rings. The summed E-state index contributed by atoms with van der Waals surface area (Å²) in [5.74, 6) is -11.2. The fourth-order valence-electron chi connectivity index (χ4n) is 2.71. The first-order valence-electron chi connectivity index (χ1n) is 8.85. The second-order valence-electron chi connectivity index (χ2n) is 6.74. The maximum absolute atomic E-state index is 15.2. The maximum Gasteiger partial charge on any atom is 0.360 e. The summed E-state index contributed by atoms with van der Waals surface area (Å²) in [6.07, 6.45) is 0. The second kappa shape index (κ2) is 9.82. The molecule has 0 aromatic heterocycles. The molecule has 0 aliphatic rings. The first-order chi connectivity index (χ1) is 14.7. The van der Waals surface area contributed by atoms with E-state index >= 15 is 8.78 Å². The summed E-state index contributed by atoms with van der Waals surface area (Å²) in [7, 11) is 0. The molecule has 0 aliphatic carbocycles. The van der Waals surface area contributed by atoms with Crippen molar-refractivity contribution >= 4 is 46.7 Å². The van der Waals surface area contributed by atoms with Crippen molar-refractivity contribution in [3.63, 3.8) is 0 Å². The number of hydrogen-bond acceptors (Lipinski definition) is 4. The molecule has 2 atom stereocenters. The highest BCUT2D eigenvalue weighted by Gasteiger charge is 2.62. The SMILES string of the molecule is C[C@@H](NC(=O)C(F)(F)[C@](O)(COC(=O)C(Cl)(Cl)Cl)c1ccc(F)cc1F)c1ccccc1. The lowest BCUT2D eigenvalue weighted by atomic mass is 9.86. The number of rotatable bonds is 7. The average molecular weight is 517 g/mol. The van der Waals surface area contributed by atoms with Crippen LogP contribution in [0.25, 0.3) is 0 Å². The van der Waals surface area contributed by atoms with Crippen molar-refractivity contribution in [3.8, 4) is 0 Å². The van der Waals surface area contributed by atoms with Crippen LogP contribution in [0.3, 0.4) is 0 Å². The zero-order chi connectivity index (χ0) is 24.3. The number of benzene rings is 2. The Bertz CT molecular complexity index is 989. The van der Waals surface area contributed by atoms with Crippen LogP contribution in [0.5, 0.6) is 0 Å². The van der Waals surface area contributed by atoms with Crippen LogP contribution in [0.15, 0.2) is 48.5 Å². The summed E-state index contributed by atoms with van der Waals surface area (Å²) < 4.78 is 59.8. The van der Waals surface area contributed by atoms with Crippen LogP contribution in [0.1, 0.15) is 24.1 Å². The molecule has 2 aromatic carbocycles. The van der Waals surface area contributed by atoms with E-state index in [0.717, 1.165) is 0 Å². The Kier molecular flexibility index (Phi) is 8.04. The predicted molar refractivity (Wildman–Crippen MR) is 109 cm³/mol. The molecule has 32 heavy (non-hydrogen) atoms. The van der Waals surface area contributed by atoms with E-state index < -0.39 is 57.0 Å². The van der Waals surface area contributed by atoms with Gasteiger partial charge in [0.2, 0.25) is 0 Å². The van der Waals surface area contributed by atoms with Crippen molar-refractivity contribution in [2.45, 2.75) is 28.3 Å². The molecule has 0 radical (unpaired) electrons. The molecule has 174 valence electrons. The third kappa shape index (κ3) is 5.64. The van der Waals surface area contributed by atoms with Gasteiger partial charge in [-0.2, -0.15) is 8.78 Å². The van der Waals surface area contributed by atoms with Gasteiger partial charge in [-0.25, -0.2) is 13.6 Å². The van der Waals surface area contributed by atoms with Gasteiger partial charge >= 0.3 is 11.9 Å². The van der Waals surface area contributed by atoms with Gasteiger partial charge in [0.1, 0.15) is 18.2 Å². The molecule has 12 heteroatoms. The number of halogens is 7. The van der Waals surface area contributed by atoms with Gasteiger partial charge in [-0.15, -0.1) is 0 Å². The molecule has 0 spiro atoms. The fourth-order valence-corrected chi connectivity index (χ4v) is 2.88. The van der Waals surface area contributed by atoms with Gasteiger partial charge in [0.05, 0.1) is 6.04 Å². The molecule has 0 aliphatic heterocycles. The van der Waals surface area contributed by atoms with E-state index in [0.29, 0.717) is 17.7 Å². The number of ether oxygens (including phenoxy) is 1. The number of carbonyl (C=O) groups is 2. The molecule has 2 rings (SSSR count). The van der Waals surface area contributed by atoms with E-state index in [4.69, 9.17) is 34.8 Å². The topological polar surface area (TPSA) is 75.6 Å². The maximum atomic E-state index is 15.2. The van der Waals surface area contributed by atoms with Gasteiger partial charge in [0.25, 0.3) is 9.70 Å². The normalized spacial score (nSPS) is 14.9. The summed E-state index contributed by atoms with van der Waals surface area (Å²) in [4.78, 5) is 24.2. The van der Waals surface area contributed by atoms with E-state index in [2.05, 4.69) is 4.74 Å². The van der Waals surface area contributed by atoms with Crippen molar-refractivity contribution in [2.75, 3.05) is 6.61 Å². The van der Waals surface area contributed by atoms with Crippen LogP contribution in [0, 0.1) is 11.6 Å².